The fourth-order valence-corrected chi connectivity index (χ4v) is 6.78. The summed E-state index contributed by atoms with van der Waals surface area (Å²) in [6, 6.07) is 12.7. The maximum absolute atomic E-state index is 12.7. The highest BCUT2D eigenvalue weighted by atomic mass is 16.3. The number of aromatic hydroxyl groups is 3. The summed E-state index contributed by atoms with van der Waals surface area (Å²) < 4.78 is 0. The Hall–Kier alpha value is -2.94. The topological polar surface area (TPSA) is 60.7 Å². The van der Waals surface area contributed by atoms with Gasteiger partial charge in [0.25, 0.3) is 0 Å². The van der Waals surface area contributed by atoms with E-state index >= 15 is 0 Å². The molecule has 3 N–H and O–H groups in total. The van der Waals surface area contributed by atoms with Crippen molar-refractivity contribution in [3.05, 3.63) is 86.5 Å². The van der Waals surface area contributed by atoms with Gasteiger partial charge in [0.2, 0.25) is 0 Å². The Bertz CT molecular complexity index is 1560. The molecule has 0 atom stereocenters. The highest BCUT2D eigenvalue weighted by Crippen LogP contribution is 2.57. The number of phenols is 3. The van der Waals surface area contributed by atoms with E-state index in [9.17, 15) is 15.3 Å². The second-order valence-electron chi connectivity index (χ2n) is 20.3. The molecule has 0 unspecified atom stereocenters. The van der Waals surface area contributed by atoms with Crippen LogP contribution in [0.4, 0.5) is 0 Å². The monoisotopic (exact) mass is 643 g/mol. The number of rotatable bonds is 3. The molecule has 0 amide bonds. The molecule has 0 heterocycles. The minimum Gasteiger partial charge on any atom is -0.507 e. The van der Waals surface area contributed by atoms with Gasteiger partial charge in [-0.15, -0.1) is 0 Å². The van der Waals surface area contributed by atoms with Crippen molar-refractivity contribution in [2.75, 3.05) is 0 Å². The zero-order valence-electron chi connectivity index (χ0n) is 33.3. The lowest BCUT2D eigenvalue weighted by Gasteiger charge is -2.42. The molecule has 0 saturated carbocycles. The standard InChI is InChI=1S/C44H66O3/c1-38(2,3)26-22-30(42(13,14)15)35(45)32(24-26)44(19,33-25-27(39(4,5)6)23-31(36(33)46)43(16,17)18)34-28(40(7,8)9)20-21-29(37(34)47)41(10,11)12/h20-25,45-47H,1-19H3. The van der Waals surface area contributed by atoms with E-state index in [-0.39, 0.29) is 49.7 Å². The highest BCUT2D eigenvalue weighted by molar-refractivity contribution is 5.69. The van der Waals surface area contributed by atoms with Crippen LogP contribution in [0.1, 0.15) is 182 Å². The van der Waals surface area contributed by atoms with E-state index in [0.29, 0.717) is 11.1 Å². The van der Waals surface area contributed by atoms with E-state index in [4.69, 9.17) is 0 Å². The maximum Gasteiger partial charge on any atom is 0.124 e. The SMILES string of the molecule is CC(C)(C)c1cc(C(C)(C)C)c(O)c(C(C)(c2cc(C(C)(C)C)cc(C(C)(C)C)c2O)c2c(C(C)(C)C)ccc(C(C)(C)C)c2O)c1. The molecule has 0 aliphatic carbocycles. The van der Waals surface area contributed by atoms with Gasteiger partial charge in [0.15, 0.2) is 0 Å². The van der Waals surface area contributed by atoms with E-state index in [1.165, 1.54) is 0 Å². The first-order chi connectivity index (χ1) is 20.7. The summed E-state index contributed by atoms with van der Waals surface area (Å²) in [5.41, 5.74) is 4.70. The largest absolute Gasteiger partial charge is 0.507 e. The second kappa shape index (κ2) is 11.6. The van der Waals surface area contributed by atoms with Gasteiger partial charge in [-0.1, -0.05) is 161 Å². The molecule has 0 radical (unpaired) electrons. The third-order valence-corrected chi connectivity index (χ3v) is 9.94. The van der Waals surface area contributed by atoms with E-state index in [0.717, 1.165) is 38.9 Å². The fourth-order valence-electron chi connectivity index (χ4n) is 6.78. The molecule has 0 aliphatic heterocycles. The molecule has 0 bridgehead atoms. The quantitative estimate of drug-likeness (QED) is 0.249. The molecule has 0 aliphatic rings. The van der Waals surface area contributed by atoms with Crippen LogP contribution < -0.4 is 0 Å². The Balaban J connectivity index is 2.91. The minimum absolute atomic E-state index is 0.200. The van der Waals surface area contributed by atoms with Gasteiger partial charge in [0.1, 0.15) is 17.2 Å². The van der Waals surface area contributed by atoms with Crippen LogP contribution in [0.3, 0.4) is 0 Å². The molecule has 3 aromatic carbocycles. The van der Waals surface area contributed by atoms with Crippen LogP contribution >= 0.6 is 0 Å². The predicted octanol–water partition coefficient (Wildman–Crippen LogP) is 11.9. The molecule has 3 nitrogen and oxygen atoms in total. The molecule has 0 aromatic heterocycles. The number of hydrogen-bond donors (Lipinski definition) is 3. The molecule has 260 valence electrons. The first-order valence-corrected chi connectivity index (χ1v) is 17.4. The van der Waals surface area contributed by atoms with E-state index in [2.05, 4.69) is 168 Å². The minimum atomic E-state index is -1.16. The van der Waals surface area contributed by atoms with Gasteiger partial charge < -0.3 is 15.3 Å². The van der Waals surface area contributed by atoms with Crippen LogP contribution in [0.5, 0.6) is 17.2 Å². The summed E-state index contributed by atoms with van der Waals surface area (Å²) in [6.45, 7) is 40.9. The Morgan fingerprint density at radius 1 is 0.319 bits per heavy atom. The second-order valence-corrected chi connectivity index (χ2v) is 20.3. The van der Waals surface area contributed by atoms with Crippen molar-refractivity contribution < 1.29 is 15.3 Å². The molecular formula is C44H66O3. The smallest absolute Gasteiger partial charge is 0.124 e. The number of benzene rings is 3. The van der Waals surface area contributed by atoms with Gasteiger partial charge in [0, 0.05) is 16.7 Å². The van der Waals surface area contributed by atoms with Gasteiger partial charge in [-0.05, 0) is 72.8 Å². The maximum atomic E-state index is 12.7. The van der Waals surface area contributed by atoms with E-state index in [1.807, 2.05) is 0 Å². The Morgan fingerprint density at radius 3 is 0.872 bits per heavy atom. The van der Waals surface area contributed by atoms with Gasteiger partial charge in [-0.25, -0.2) is 0 Å². The number of phenolic OH excluding ortho intramolecular Hbond substituents is 3. The predicted molar refractivity (Wildman–Crippen MR) is 202 cm³/mol. The van der Waals surface area contributed by atoms with Crippen molar-refractivity contribution in [2.45, 2.75) is 169 Å². The lowest BCUT2D eigenvalue weighted by Crippen LogP contribution is -2.33. The van der Waals surface area contributed by atoms with Crippen LogP contribution in [0.25, 0.3) is 0 Å². The van der Waals surface area contributed by atoms with Crippen molar-refractivity contribution in [3.63, 3.8) is 0 Å². The number of hydrogen-bond acceptors (Lipinski definition) is 3. The lowest BCUT2D eigenvalue weighted by atomic mass is 9.61. The fraction of sp³-hybridized carbons (Fsp3) is 0.591. The first-order valence-electron chi connectivity index (χ1n) is 17.4. The van der Waals surface area contributed by atoms with E-state index < -0.39 is 5.41 Å². The molecule has 0 fully saturated rings. The summed E-state index contributed by atoms with van der Waals surface area (Å²) >= 11 is 0. The molecule has 3 rings (SSSR count). The summed E-state index contributed by atoms with van der Waals surface area (Å²) in [4.78, 5) is 0. The highest BCUT2D eigenvalue weighted by Gasteiger charge is 2.46. The Kier molecular flexibility index (Phi) is 9.50. The summed E-state index contributed by atoms with van der Waals surface area (Å²) in [5, 5.41) is 37.8. The van der Waals surface area contributed by atoms with Crippen molar-refractivity contribution in [1.82, 2.24) is 0 Å². The van der Waals surface area contributed by atoms with Crippen molar-refractivity contribution in [3.8, 4) is 17.2 Å². The summed E-state index contributed by atoms with van der Waals surface area (Å²) in [5.74, 6) is 0.612. The average Bonchev–Trinajstić information content (AvgIpc) is 2.84. The molecule has 47 heavy (non-hydrogen) atoms. The Morgan fingerprint density at radius 2 is 0.596 bits per heavy atom. The summed E-state index contributed by atoms with van der Waals surface area (Å²) in [6.07, 6.45) is 0. The zero-order valence-corrected chi connectivity index (χ0v) is 33.3. The van der Waals surface area contributed by atoms with Crippen molar-refractivity contribution in [2.24, 2.45) is 0 Å². The van der Waals surface area contributed by atoms with Crippen LogP contribution in [0, 0.1) is 0 Å². The van der Waals surface area contributed by atoms with Crippen LogP contribution in [-0.2, 0) is 37.9 Å². The summed E-state index contributed by atoms with van der Waals surface area (Å²) in [7, 11) is 0. The molecule has 3 heteroatoms. The zero-order chi connectivity index (χ0) is 36.7. The van der Waals surface area contributed by atoms with Crippen LogP contribution in [0.2, 0.25) is 0 Å². The van der Waals surface area contributed by atoms with Gasteiger partial charge >= 0.3 is 0 Å². The third kappa shape index (κ3) is 7.25. The Labute approximate surface area is 287 Å². The lowest BCUT2D eigenvalue weighted by molar-refractivity contribution is 0.399. The van der Waals surface area contributed by atoms with Crippen LogP contribution in [0.15, 0.2) is 36.4 Å². The molecular weight excluding hydrogens is 576 g/mol. The van der Waals surface area contributed by atoms with E-state index in [1.54, 1.807) is 0 Å². The average molecular weight is 643 g/mol. The molecule has 0 saturated heterocycles. The first kappa shape index (κ1) is 38.5. The van der Waals surface area contributed by atoms with Crippen LogP contribution in [-0.4, -0.2) is 15.3 Å². The van der Waals surface area contributed by atoms with Crippen molar-refractivity contribution >= 4 is 0 Å². The van der Waals surface area contributed by atoms with Gasteiger partial charge in [-0.2, -0.15) is 0 Å². The molecule has 3 aromatic rings. The molecule has 0 spiro atoms. The van der Waals surface area contributed by atoms with Gasteiger partial charge in [-0.3, -0.25) is 0 Å². The van der Waals surface area contributed by atoms with Crippen molar-refractivity contribution in [1.29, 1.82) is 0 Å². The van der Waals surface area contributed by atoms with Gasteiger partial charge in [0.05, 0.1) is 5.41 Å². The normalized spacial score (nSPS) is 14.1. The third-order valence-electron chi connectivity index (χ3n) is 9.94.